The summed E-state index contributed by atoms with van der Waals surface area (Å²) in [4.78, 5) is 15.0. The predicted molar refractivity (Wildman–Crippen MR) is 84.0 cm³/mol. The zero-order valence-electron chi connectivity index (χ0n) is 11.5. The highest BCUT2D eigenvalue weighted by Gasteiger charge is 2.15. The number of aromatic nitrogens is 5. The van der Waals surface area contributed by atoms with Crippen LogP contribution in [0, 0.1) is 10.1 Å². The zero-order chi connectivity index (χ0) is 15.8. The molecule has 0 radical (unpaired) electrons. The molecule has 0 atom stereocenters. The minimum atomic E-state index is -0.428. The lowest BCUT2D eigenvalue weighted by molar-refractivity contribution is -0.384. The van der Waals surface area contributed by atoms with Gasteiger partial charge in [-0.05, 0) is 24.3 Å². The van der Waals surface area contributed by atoms with E-state index in [2.05, 4.69) is 20.3 Å². The van der Waals surface area contributed by atoms with Crippen molar-refractivity contribution in [2.75, 3.05) is 0 Å². The predicted octanol–water partition coefficient (Wildman–Crippen LogP) is 2.82. The van der Waals surface area contributed by atoms with Crippen molar-refractivity contribution < 1.29 is 4.92 Å². The number of rotatable bonds is 3. The maximum absolute atomic E-state index is 10.7. The van der Waals surface area contributed by atoms with Gasteiger partial charge in [-0.1, -0.05) is 11.3 Å². The molecule has 3 aromatic heterocycles. The fourth-order valence-electron chi connectivity index (χ4n) is 2.13. The molecular formula is C14H8N6O2S. The molecule has 112 valence electrons. The molecule has 0 aliphatic rings. The molecule has 0 aliphatic carbocycles. The Balaban J connectivity index is 1.78. The molecule has 0 amide bonds. The van der Waals surface area contributed by atoms with Crippen molar-refractivity contribution in [2.24, 2.45) is 0 Å². The molecule has 0 N–H and O–H groups in total. The molecule has 0 bridgehead atoms. The van der Waals surface area contributed by atoms with Gasteiger partial charge in [0.15, 0.2) is 5.82 Å². The highest BCUT2D eigenvalue weighted by atomic mass is 32.1. The number of non-ortho nitro benzene ring substituents is 1. The lowest BCUT2D eigenvalue weighted by atomic mass is 10.2. The maximum Gasteiger partial charge on any atom is 0.269 e. The van der Waals surface area contributed by atoms with Gasteiger partial charge in [0.2, 0.25) is 4.96 Å². The van der Waals surface area contributed by atoms with Crippen molar-refractivity contribution in [1.29, 1.82) is 0 Å². The number of nitro groups is 1. The Labute approximate surface area is 133 Å². The monoisotopic (exact) mass is 324 g/mol. The molecule has 4 rings (SSSR count). The second-order valence-electron chi connectivity index (χ2n) is 4.67. The van der Waals surface area contributed by atoms with Gasteiger partial charge in [0.1, 0.15) is 5.01 Å². The van der Waals surface area contributed by atoms with E-state index in [0.29, 0.717) is 10.8 Å². The van der Waals surface area contributed by atoms with E-state index in [1.807, 2.05) is 12.1 Å². The molecule has 4 aromatic rings. The van der Waals surface area contributed by atoms with Crippen molar-refractivity contribution in [3.8, 4) is 22.0 Å². The van der Waals surface area contributed by atoms with Crippen LogP contribution in [0.5, 0.6) is 0 Å². The van der Waals surface area contributed by atoms with Crippen LogP contribution >= 0.6 is 11.3 Å². The Kier molecular flexibility index (Phi) is 3.05. The van der Waals surface area contributed by atoms with E-state index in [-0.39, 0.29) is 5.69 Å². The quantitative estimate of drug-likeness (QED) is 0.424. The van der Waals surface area contributed by atoms with E-state index in [4.69, 9.17) is 0 Å². The van der Waals surface area contributed by atoms with Crippen molar-refractivity contribution >= 4 is 22.0 Å². The van der Waals surface area contributed by atoms with Crippen molar-refractivity contribution in [2.45, 2.75) is 0 Å². The van der Waals surface area contributed by atoms with Gasteiger partial charge in [-0.25, -0.2) is 0 Å². The first-order valence-electron chi connectivity index (χ1n) is 6.60. The number of hydrogen-bond donors (Lipinski definition) is 0. The first-order valence-corrected chi connectivity index (χ1v) is 7.41. The second-order valence-corrected chi connectivity index (χ2v) is 5.63. The van der Waals surface area contributed by atoms with Crippen LogP contribution in [0.15, 0.2) is 48.8 Å². The largest absolute Gasteiger partial charge is 0.269 e. The standard InChI is InChI=1S/C14H8N6O2S/c21-20(22)11-5-3-9(4-6-11)13-18-19-12(16-17-14(19)23-13)10-2-1-7-15-8-10/h1-8H. The molecule has 0 saturated heterocycles. The molecule has 0 unspecified atom stereocenters. The van der Waals surface area contributed by atoms with Crippen LogP contribution in [0.3, 0.4) is 0 Å². The Morgan fingerprint density at radius 2 is 1.91 bits per heavy atom. The Morgan fingerprint density at radius 3 is 2.61 bits per heavy atom. The van der Waals surface area contributed by atoms with Gasteiger partial charge in [0.05, 0.1) is 4.92 Å². The summed E-state index contributed by atoms with van der Waals surface area (Å²) in [6.45, 7) is 0. The third-order valence-corrected chi connectivity index (χ3v) is 4.18. The molecule has 0 spiro atoms. The zero-order valence-corrected chi connectivity index (χ0v) is 12.3. The molecule has 8 nitrogen and oxygen atoms in total. The van der Waals surface area contributed by atoms with Gasteiger partial charge >= 0.3 is 0 Å². The van der Waals surface area contributed by atoms with E-state index >= 15 is 0 Å². The summed E-state index contributed by atoms with van der Waals surface area (Å²) in [5, 5.41) is 24.2. The summed E-state index contributed by atoms with van der Waals surface area (Å²) in [5.41, 5.74) is 1.66. The van der Waals surface area contributed by atoms with Gasteiger partial charge < -0.3 is 0 Å². The molecular weight excluding hydrogens is 316 g/mol. The van der Waals surface area contributed by atoms with Crippen LogP contribution in [0.25, 0.3) is 26.9 Å². The van der Waals surface area contributed by atoms with Gasteiger partial charge in [-0.2, -0.15) is 9.61 Å². The van der Waals surface area contributed by atoms with Crippen LogP contribution in [0.4, 0.5) is 5.69 Å². The highest BCUT2D eigenvalue weighted by Crippen LogP contribution is 2.28. The van der Waals surface area contributed by atoms with Crippen LogP contribution in [-0.4, -0.2) is 29.7 Å². The topological polar surface area (TPSA) is 99.1 Å². The SMILES string of the molecule is O=[N+]([O-])c1ccc(-c2nn3c(-c4cccnc4)nnc3s2)cc1. The summed E-state index contributed by atoms with van der Waals surface area (Å²) in [7, 11) is 0. The van der Waals surface area contributed by atoms with Crippen LogP contribution in [0.2, 0.25) is 0 Å². The minimum absolute atomic E-state index is 0.0489. The number of fused-ring (bicyclic) bond motifs is 1. The average Bonchev–Trinajstić information content (AvgIpc) is 3.16. The third kappa shape index (κ3) is 2.32. The van der Waals surface area contributed by atoms with E-state index in [1.54, 1.807) is 29.0 Å². The maximum atomic E-state index is 10.7. The number of nitrogens with zero attached hydrogens (tertiary/aromatic N) is 6. The van der Waals surface area contributed by atoms with Crippen molar-refractivity contribution in [1.82, 2.24) is 24.8 Å². The lowest BCUT2D eigenvalue weighted by Gasteiger charge is -1.96. The second kappa shape index (κ2) is 5.21. The van der Waals surface area contributed by atoms with Crippen molar-refractivity contribution in [3.05, 3.63) is 58.9 Å². The van der Waals surface area contributed by atoms with Gasteiger partial charge in [0, 0.05) is 35.7 Å². The Morgan fingerprint density at radius 1 is 1.09 bits per heavy atom. The number of pyridine rings is 1. The minimum Gasteiger partial charge on any atom is -0.264 e. The molecule has 0 saturated carbocycles. The van der Waals surface area contributed by atoms with Gasteiger partial charge in [-0.15, -0.1) is 10.2 Å². The molecule has 0 fully saturated rings. The Hall–Kier alpha value is -3.20. The molecule has 23 heavy (non-hydrogen) atoms. The first kappa shape index (κ1) is 13.5. The Bertz CT molecular complexity index is 993. The van der Waals surface area contributed by atoms with E-state index in [0.717, 1.165) is 16.1 Å². The normalized spacial score (nSPS) is 11.0. The van der Waals surface area contributed by atoms with Gasteiger partial charge in [0.25, 0.3) is 5.69 Å². The average molecular weight is 324 g/mol. The molecule has 9 heteroatoms. The van der Waals surface area contributed by atoms with E-state index in [1.165, 1.54) is 23.5 Å². The smallest absolute Gasteiger partial charge is 0.264 e. The number of benzene rings is 1. The molecule has 0 aliphatic heterocycles. The van der Waals surface area contributed by atoms with Crippen LogP contribution in [-0.2, 0) is 0 Å². The highest BCUT2D eigenvalue weighted by molar-refractivity contribution is 7.19. The molecule has 3 heterocycles. The summed E-state index contributed by atoms with van der Waals surface area (Å²) < 4.78 is 1.65. The lowest BCUT2D eigenvalue weighted by Crippen LogP contribution is -1.91. The number of hydrogen-bond acceptors (Lipinski definition) is 7. The molecule has 1 aromatic carbocycles. The van der Waals surface area contributed by atoms with Crippen molar-refractivity contribution in [3.63, 3.8) is 0 Å². The summed E-state index contributed by atoms with van der Waals surface area (Å²) in [5.74, 6) is 0.609. The third-order valence-electron chi connectivity index (χ3n) is 3.24. The summed E-state index contributed by atoms with van der Waals surface area (Å²) >= 11 is 1.37. The van der Waals surface area contributed by atoms with E-state index in [9.17, 15) is 10.1 Å². The van der Waals surface area contributed by atoms with Gasteiger partial charge in [-0.3, -0.25) is 15.1 Å². The fourth-order valence-corrected chi connectivity index (χ4v) is 2.98. The fraction of sp³-hybridized carbons (Fsp3) is 0. The first-order chi connectivity index (χ1) is 11.2. The van der Waals surface area contributed by atoms with E-state index < -0.39 is 4.92 Å². The number of nitro benzene ring substituents is 1. The summed E-state index contributed by atoms with van der Waals surface area (Å²) in [6, 6.07) is 9.97. The van der Waals surface area contributed by atoms with Crippen LogP contribution in [0.1, 0.15) is 0 Å². The van der Waals surface area contributed by atoms with Crippen LogP contribution < -0.4 is 0 Å². The summed E-state index contributed by atoms with van der Waals surface area (Å²) in [6.07, 6.45) is 3.38.